The first-order valence-corrected chi connectivity index (χ1v) is 6.50. The fourth-order valence-corrected chi connectivity index (χ4v) is 2.05. The fraction of sp³-hybridized carbons (Fsp3) is 1.00. The number of rotatable bonds is 3. The van der Waals surface area contributed by atoms with Gasteiger partial charge in [0.05, 0.1) is 12.2 Å². The first-order chi connectivity index (χ1) is 8.02. The lowest BCUT2D eigenvalue weighted by Gasteiger charge is -2.27. The first kappa shape index (κ1) is 19.1. The number of likely N-dealkylation sites (N-methyl/N-ethyl adjacent to an activating group) is 1. The Labute approximate surface area is 105 Å². The summed E-state index contributed by atoms with van der Waals surface area (Å²) in [5.41, 5.74) is 0. The smallest absolute Gasteiger partial charge is 0.229 e. The second-order valence-electron chi connectivity index (χ2n) is 4.18. The van der Waals surface area contributed by atoms with Crippen molar-refractivity contribution in [2.45, 2.75) is 65.7 Å². The van der Waals surface area contributed by atoms with Gasteiger partial charge in [-0.25, -0.2) is 8.78 Å². The van der Waals surface area contributed by atoms with Crippen LogP contribution in [-0.4, -0.2) is 43.7 Å². The average molecular weight is 253 g/mol. The zero-order valence-electron chi connectivity index (χ0n) is 12.2. The molecule has 0 spiro atoms. The van der Waals surface area contributed by atoms with Gasteiger partial charge in [-0.15, -0.1) is 0 Å². The van der Waals surface area contributed by atoms with Crippen molar-refractivity contribution < 1.29 is 13.5 Å². The highest BCUT2D eigenvalue weighted by atomic mass is 19.3. The normalized spacial score (nSPS) is 21.4. The third-order valence-electron chi connectivity index (χ3n) is 2.61. The third kappa shape index (κ3) is 9.48. The maximum atomic E-state index is 9.62. The number of likely N-dealkylation sites (tertiary alicyclic amines) is 1. The van der Waals surface area contributed by atoms with Gasteiger partial charge in [0.1, 0.15) is 0 Å². The topological polar surface area (TPSA) is 12.5 Å². The van der Waals surface area contributed by atoms with Crippen molar-refractivity contribution >= 4 is 0 Å². The Morgan fingerprint density at radius 3 is 2.00 bits per heavy atom. The van der Waals surface area contributed by atoms with Crippen LogP contribution in [0.2, 0.25) is 0 Å². The molecule has 2 unspecified atom stereocenters. The predicted octanol–water partition coefficient (Wildman–Crippen LogP) is 3.80. The highest BCUT2D eigenvalue weighted by Gasteiger charge is 2.27. The quantitative estimate of drug-likeness (QED) is 0.758. The van der Waals surface area contributed by atoms with E-state index in [1.165, 1.54) is 19.4 Å². The van der Waals surface area contributed by atoms with Crippen LogP contribution >= 0.6 is 0 Å². The zero-order valence-corrected chi connectivity index (χ0v) is 12.2. The molecule has 0 aromatic carbocycles. The van der Waals surface area contributed by atoms with Gasteiger partial charge in [-0.1, -0.05) is 13.8 Å². The van der Waals surface area contributed by atoms with E-state index in [-0.39, 0.29) is 0 Å². The summed E-state index contributed by atoms with van der Waals surface area (Å²) in [6, 6.07) is 0.646. The van der Waals surface area contributed by atoms with E-state index in [0.717, 1.165) is 0 Å². The van der Waals surface area contributed by atoms with Crippen molar-refractivity contribution in [3.8, 4) is 0 Å². The van der Waals surface area contributed by atoms with Gasteiger partial charge >= 0.3 is 0 Å². The lowest BCUT2D eigenvalue weighted by molar-refractivity contribution is -0.0201. The first-order valence-electron chi connectivity index (χ1n) is 6.50. The summed E-state index contributed by atoms with van der Waals surface area (Å²) < 4.78 is 25.0. The van der Waals surface area contributed by atoms with E-state index in [4.69, 9.17) is 4.74 Å². The molecule has 0 amide bonds. The molecule has 0 aromatic heterocycles. The summed E-state index contributed by atoms with van der Waals surface area (Å²) in [5.74, 6) is 0. The van der Waals surface area contributed by atoms with Gasteiger partial charge in [0.15, 0.2) is 0 Å². The molecule has 0 saturated carbocycles. The maximum Gasteiger partial charge on any atom is 0.229 e. The molecule has 2 atom stereocenters. The molecule has 0 bridgehead atoms. The molecule has 0 aromatic rings. The van der Waals surface area contributed by atoms with Crippen LogP contribution in [0.3, 0.4) is 0 Å². The lowest BCUT2D eigenvalue weighted by atomic mass is 10.1. The summed E-state index contributed by atoms with van der Waals surface area (Å²) >= 11 is 0. The number of hydrogen-bond acceptors (Lipinski definition) is 2. The van der Waals surface area contributed by atoms with Crippen molar-refractivity contribution in [3.63, 3.8) is 0 Å². The standard InChI is InChI=1S/C10H21NO.C2H6.CH2F2/c1-8(2)12-9(3)10-6-5-7-11(10)4;1-2;2-1-3/h8-10H,5-7H2,1-4H3;1-2H3;1H2. The molecule has 1 heterocycles. The summed E-state index contributed by atoms with van der Waals surface area (Å²) in [4.78, 5) is 2.41. The number of alkyl halides is 2. The van der Waals surface area contributed by atoms with Crippen LogP contribution in [0.5, 0.6) is 0 Å². The summed E-state index contributed by atoms with van der Waals surface area (Å²) in [6.45, 7) is 9.87. The van der Waals surface area contributed by atoms with Crippen LogP contribution in [0.1, 0.15) is 47.5 Å². The van der Waals surface area contributed by atoms with Crippen LogP contribution in [0, 0.1) is 0 Å². The van der Waals surface area contributed by atoms with Gasteiger partial charge in [0.25, 0.3) is 0 Å². The third-order valence-corrected chi connectivity index (χ3v) is 2.61. The number of halogens is 2. The minimum atomic E-state index is -1.75. The molecule has 0 radical (unpaired) electrons. The lowest BCUT2D eigenvalue weighted by Crippen LogP contribution is -2.37. The Hall–Kier alpha value is -0.220. The van der Waals surface area contributed by atoms with E-state index >= 15 is 0 Å². The summed E-state index contributed by atoms with van der Waals surface area (Å²) in [7, 11) is 2.19. The van der Waals surface area contributed by atoms with Crippen molar-refractivity contribution in [1.29, 1.82) is 0 Å². The van der Waals surface area contributed by atoms with E-state index in [0.29, 0.717) is 18.2 Å². The molecule has 1 aliphatic rings. The number of ether oxygens (including phenoxy) is 1. The molecule has 1 saturated heterocycles. The Balaban J connectivity index is 0. The Bertz CT molecular complexity index is 156. The second-order valence-corrected chi connectivity index (χ2v) is 4.18. The molecule has 1 aliphatic heterocycles. The number of nitrogens with zero attached hydrogens (tertiary/aromatic N) is 1. The molecule has 17 heavy (non-hydrogen) atoms. The molecule has 2 nitrogen and oxygen atoms in total. The molecule has 106 valence electrons. The molecular weight excluding hydrogens is 224 g/mol. The van der Waals surface area contributed by atoms with Gasteiger partial charge < -0.3 is 9.64 Å². The second kappa shape index (κ2) is 12.2. The SMILES string of the molecule is CC.CC(C)OC(C)C1CCCN1C.FCF. The number of hydrogen-bond donors (Lipinski definition) is 0. The van der Waals surface area contributed by atoms with Gasteiger partial charge in [0, 0.05) is 6.04 Å². The molecule has 1 fully saturated rings. The molecule has 0 aliphatic carbocycles. The van der Waals surface area contributed by atoms with Crippen LogP contribution in [0.4, 0.5) is 8.78 Å². The minimum absolute atomic E-state index is 0.356. The summed E-state index contributed by atoms with van der Waals surface area (Å²) in [6.07, 6.45) is 3.36. The van der Waals surface area contributed by atoms with E-state index in [9.17, 15) is 8.78 Å². The van der Waals surface area contributed by atoms with Crippen molar-refractivity contribution in [1.82, 2.24) is 4.90 Å². The van der Waals surface area contributed by atoms with E-state index < -0.39 is 6.93 Å². The van der Waals surface area contributed by atoms with Crippen molar-refractivity contribution in [2.24, 2.45) is 0 Å². The summed E-state index contributed by atoms with van der Waals surface area (Å²) in [5, 5.41) is 0. The zero-order chi connectivity index (χ0) is 13.8. The molecular formula is C13H29F2NO. The Kier molecular flexibility index (Phi) is 13.8. The van der Waals surface area contributed by atoms with Crippen LogP contribution in [-0.2, 0) is 4.74 Å². The average Bonchev–Trinajstić information content (AvgIpc) is 2.67. The van der Waals surface area contributed by atoms with E-state index in [1.807, 2.05) is 13.8 Å². The van der Waals surface area contributed by atoms with Crippen LogP contribution in [0.25, 0.3) is 0 Å². The van der Waals surface area contributed by atoms with Gasteiger partial charge in [-0.2, -0.15) is 0 Å². The largest absolute Gasteiger partial charge is 0.374 e. The van der Waals surface area contributed by atoms with Crippen LogP contribution in [0.15, 0.2) is 0 Å². The van der Waals surface area contributed by atoms with Gasteiger partial charge in [0.2, 0.25) is 6.93 Å². The van der Waals surface area contributed by atoms with Gasteiger partial charge in [-0.3, -0.25) is 0 Å². The van der Waals surface area contributed by atoms with Crippen molar-refractivity contribution in [3.05, 3.63) is 0 Å². The molecule has 1 rings (SSSR count). The van der Waals surface area contributed by atoms with Crippen molar-refractivity contribution in [2.75, 3.05) is 20.5 Å². The monoisotopic (exact) mass is 253 g/mol. The molecule has 4 heteroatoms. The highest BCUT2D eigenvalue weighted by Crippen LogP contribution is 2.20. The van der Waals surface area contributed by atoms with E-state index in [1.54, 1.807) is 0 Å². The van der Waals surface area contributed by atoms with Crippen LogP contribution < -0.4 is 0 Å². The fourth-order valence-electron chi connectivity index (χ4n) is 2.05. The Morgan fingerprint density at radius 1 is 1.24 bits per heavy atom. The van der Waals surface area contributed by atoms with E-state index in [2.05, 4.69) is 32.7 Å². The van der Waals surface area contributed by atoms with Gasteiger partial charge in [-0.05, 0) is 47.2 Å². The maximum absolute atomic E-state index is 9.62. The highest BCUT2D eigenvalue weighted by molar-refractivity contribution is 4.81. The predicted molar refractivity (Wildman–Crippen MR) is 69.8 cm³/mol. The Morgan fingerprint density at radius 2 is 1.71 bits per heavy atom. The molecule has 0 N–H and O–H groups in total. The minimum Gasteiger partial charge on any atom is -0.374 e.